The molecule has 1 fully saturated rings. The molecule has 1 saturated heterocycles. The first-order valence-corrected chi connectivity index (χ1v) is 7.75. The van der Waals surface area contributed by atoms with E-state index in [9.17, 15) is 5.11 Å². The minimum absolute atomic E-state index is 0.373. The summed E-state index contributed by atoms with van der Waals surface area (Å²) in [6, 6.07) is 5.37. The molecule has 0 aromatic heterocycles. The third-order valence-corrected chi connectivity index (χ3v) is 4.76. The van der Waals surface area contributed by atoms with E-state index in [0.29, 0.717) is 24.0 Å². The number of methoxy groups -OCH3 is 1. The summed E-state index contributed by atoms with van der Waals surface area (Å²) in [5, 5.41) is 11.6. The van der Waals surface area contributed by atoms with Crippen LogP contribution in [-0.2, 0) is 4.74 Å². The largest absolute Gasteiger partial charge is 0.496 e. The summed E-state index contributed by atoms with van der Waals surface area (Å²) in [6.07, 6.45) is 0.151. The van der Waals surface area contributed by atoms with Crippen molar-refractivity contribution in [2.45, 2.75) is 31.9 Å². The smallest absolute Gasteiger partial charge is 0.124 e. The van der Waals surface area contributed by atoms with Gasteiger partial charge in [0, 0.05) is 29.2 Å². The van der Waals surface area contributed by atoms with Gasteiger partial charge in [0.1, 0.15) is 11.9 Å². The van der Waals surface area contributed by atoms with E-state index in [-0.39, 0.29) is 5.54 Å². The number of morpholine rings is 1. The summed E-state index contributed by atoms with van der Waals surface area (Å²) in [6.45, 7) is 7.23. The van der Waals surface area contributed by atoms with Crippen LogP contribution in [0.3, 0.4) is 0 Å². The molecule has 1 aromatic rings. The normalized spacial score (nSPS) is 20.8. The van der Waals surface area contributed by atoms with Crippen LogP contribution in [0, 0.1) is 0 Å². The van der Waals surface area contributed by atoms with Gasteiger partial charge in [-0.3, -0.25) is 4.90 Å². The van der Waals surface area contributed by atoms with Gasteiger partial charge >= 0.3 is 0 Å². The maximum absolute atomic E-state index is 11.0. The first kappa shape index (κ1) is 16.6. The zero-order valence-electron chi connectivity index (χ0n) is 12.9. The number of halogens is 1. The first-order chi connectivity index (χ1) is 10.0. The fraction of sp³-hybridized carbons (Fsp3) is 0.625. The molecule has 2 rings (SSSR count). The summed E-state index contributed by atoms with van der Waals surface area (Å²) in [7, 11) is 1.61. The summed E-state index contributed by atoms with van der Waals surface area (Å²) in [5.41, 5.74) is 0.364. The highest BCUT2D eigenvalue weighted by Crippen LogP contribution is 2.39. The number of hydrogen-bond acceptors (Lipinski definition) is 4. The Bertz CT molecular complexity index is 477. The SMILES string of the molecule is CCC(C)(C(O)c1cc(Cl)ccc1OC)N1CCOCC1. The third-order valence-electron chi connectivity index (χ3n) is 4.52. The van der Waals surface area contributed by atoms with Gasteiger partial charge in [-0.15, -0.1) is 0 Å². The summed E-state index contributed by atoms with van der Waals surface area (Å²) >= 11 is 6.10. The van der Waals surface area contributed by atoms with E-state index >= 15 is 0 Å². The average molecular weight is 314 g/mol. The first-order valence-electron chi connectivity index (χ1n) is 7.37. The molecule has 0 amide bonds. The Kier molecular flexibility index (Phi) is 5.49. The predicted octanol–water partition coefficient (Wildman–Crippen LogP) is 2.88. The van der Waals surface area contributed by atoms with Crippen LogP contribution >= 0.6 is 11.6 Å². The summed E-state index contributed by atoms with van der Waals surface area (Å²) in [5.74, 6) is 0.667. The quantitative estimate of drug-likeness (QED) is 0.907. The van der Waals surface area contributed by atoms with Crippen molar-refractivity contribution in [2.75, 3.05) is 33.4 Å². The van der Waals surface area contributed by atoms with E-state index in [1.165, 1.54) is 0 Å². The van der Waals surface area contributed by atoms with E-state index < -0.39 is 6.10 Å². The second-order valence-corrected chi connectivity index (χ2v) is 6.04. The Morgan fingerprint density at radius 2 is 2.10 bits per heavy atom. The standard InChI is InChI=1S/C16H24ClNO3/c1-4-16(2,18-7-9-21-10-8-18)15(19)13-11-12(17)5-6-14(13)20-3/h5-6,11,15,19H,4,7-10H2,1-3H3. The Morgan fingerprint density at radius 1 is 1.43 bits per heavy atom. The fourth-order valence-corrected chi connectivity index (χ4v) is 3.10. The Labute approximate surface area is 131 Å². The van der Waals surface area contributed by atoms with Gasteiger partial charge in [-0.05, 0) is 31.5 Å². The van der Waals surface area contributed by atoms with Gasteiger partial charge in [-0.1, -0.05) is 18.5 Å². The van der Waals surface area contributed by atoms with Crippen molar-refractivity contribution in [1.82, 2.24) is 4.90 Å². The highest BCUT2D eigenvalue weighted by atomic mass is 35.5. The Hall–Kier alpha value is -0.810. The molecule has 1 N–H and O–H groups in total. The van der Waals surface area contributed by atoms with Crippen molar-refractivity contribution in [2.24, 2.45) is 0 Å². The maximum Gasteiger partial charge on any atom is 0.124 e. The van der Waals surface area contributed by atoms with Crippen molar-refractivity contribution in [3.05, 3.63) is 28.8 Å². The van der Waals surface area contributed by atoms with Gasteiger partial charge in [-0.25, -0.2) is 0 Å². The topological polar surface area (TPSA) is 41.9 Å². The number of nitrogens with zero attached hydrogens (tertiary/aromatic N) is 1. The van der Waals surface area contributed by atoms with Crippen molar-refractivity contribution in [3.63, 3.8) is 0 Å². The summed E-state index contributed by atoms with van der Waals surface area (Å²) in [4.78, 5) is 2.29. The molecule has 0 aliphatic carbocycles. The minimum Gasteiger partial charge on any atom is -0.496 e. The van der Waals surface area contributed by atoms with Gasteiger partial charge in [0.15, 0.2) is 0 Å². The minimum atomic E-state index is -0.672. The van der Waals surface area contributed by atoms with Crippen molar-refractivity contribution < 1.29 is 14.6 Å². The lowest BCUT2D eigenvalue weighted by molar-refractivity contribution is -0.0739. The molecule has 1 aromatic carbocycles. The van der Waals surface area contributed by atoms with Crippen LogP contribution in [0.2, 0.25) is 5.02 Å². The molecule has 2 atom stereocenters. The molecule has 0 spiro atoms. The lowest BCUT2D eigenvalue weighted by atomic mass is 9.84. The number of ether oxygens (including phenoxy) is 2. The second-order valence-electron chi connectivity index (χ2n) is 5.60. The van der Waals surface area contributed by atoms with E-state index in [1.807, 2.05) is 0 Å². The lowest BCUT2D eigenvalue weighted by Crippen LogP contribution is -2.54. The molecule has 0 bridgehead atoms. The Balaban J connectivity index is 2.34. The molecule has 118 valence electrons. The molecule has 1 aliphatic rings. The number of aliphatic hydroxyl groups excluding tert-OH is 1. The number of aliphatic hydroxyl groups is 1. The molecular formula is C16H24ClNO3. The lowest BCUT2D eigenvalue weighted by Gasteiger charge is -2.46. The molecule has 1 heterocycles. The zero-order chi connectivity index (χ0) is 15.5. The highest BCUT2D eigenvalue weighted by molar-refractivity contribution is 6.30. The molecule has 0 radical (unpaired) electrons. The molecule has 4 nitrogen and oxygen atoms in total. The fourth-order valence-electron chi connectivity index (χ4n) is 2.92. The van der Waals surface area contributed by atoms with Crippen LogP contribution in [0.15, 0.2) is 18.2 Å². The zero-order valence-corrected chi connectivity index (χ0v) is 13.7. The van der Waals surface area contributed by atoms with Crippen LogP contribution < -0.4 is 4.74 Å². The monoisotopic (exact) mass is 313 g/mol. The maximum atomic E-state index is 11.0. The average Bonchev–Trinajstić information content (AvgIpc) is 2.54. The van der Waals surface area contributed by atoms with Crippen LogP contribution in [-0.4, -0.2) is 49.0 Å². The third kappa shape index (κ3) is 3.34. The number of rotatable bonds is 5. The number of hydrogen-bond donors (Lipinski definition) is 1. The predicted molar refractivity (Wildman–Crippen MR) is 84.1 cm³/mol. The van der Waals surface area contributed by atoms with Crippen LogP contribution in [0.4, 0.5) is 0 Å². The van der Waals surface area contributed by atoms with Crippen LogP contribution in [0.1, 0.15) is 31.9 Å². The molecule has 2 unspecified atom stereocenters. The highest BCUT2D eigenvalue weighted by Gasteiger charge is 2.40. The molecule has 21 heavy (non-hydrogen) atoms. The van der Waals surface area contributed by atoms with E-state index in [1.54, 1.807) is 25.3 Å². The van der Waals surface area contributed by atoms with Crippen molar-refractivity contribution in [3.8, 4) is 5.75 Å². The molecule has 5 heteroatoms. The van der Waals surface area contributed by atoms with E-state index in [2.05, 4.69) is 18.7 Å². The Morgan fingerprint density at radius 3 is 2.67 bits per heavy atom. The summed E-state index contributed by atoms with van der Waals surface area (Å²) < 4.78 is 10.8. The number of benzene rings is 1. The van der Waals surface area contributed by atoms with Gasteiger partial charge in [0.2, 0.25) is 0 Å². The van der Waals surface area contributed by atoms with E-state index in [4.69, 9.17) is 21.1 Å². The van der Waals surface area contributed by atoms with Crippen molar-refractivity contribution in [1.29, 1.82) is 0 Å². The van der Waals surface area contributed by atoms with Gasteiger partial charge in [0.25, 0.3) is 0 Å². The van der Waals surface area contributed by atoms with Crippen LogP contribution in [0.5, 0.6) is 5.75 Å². The molecular weight excluding hydrogens is 290 g/mol. The molecule has 1 aliphatic heterocycles. The van der Waals surface area contributed by atoms with Gasteiger partial charge < -0.3 is 14.6 Å². The van der Waals surface area contributed by atoms with Crippen molar-refractivity contribution >= 4 is 11.6 Å². The van der Waals surface area contributed by atoms with Gasteiger partial charge in [-0.2, -0.15) is 0 Å². The second kappa shape index (κ2) is 6.97. The van der Waals surface area contributed by atoms with Crippen LogP contribution in [0.25, 0.3) is 0 Å². The molecule has 0 saturated carbocycles. The van der Waals surface area contributed by atoms with E-state index in [0.717, 1.165) is 25.1 Å². The van der Waals surface area contributed by atoms with Gasteiger partial charge in [0.05, 0.1) is 20.3 Å².